The fourth-order valence-electron chi connectivity index (χ4n) is 5.01. The van der Waals surface area contributed by atoms with E-state index < -0.39 is 54.9 Å². The molecule has 0 N–H and O–H groups in total. The number of benzene rings is 1. The van der Waals surface area contributed by atoms with Crippen LogP contribution >= 0.6 is 11.6 Å². The summed E-state index contributed by atoms with van der Waals surface area (Å²) in [7, 11) is -3.97. The maximum atomic E-state index is 16.0. The van der Waals surface area contributed by atoms with Crippen molar-refractivity contribution in [3.63, 3.8) is 0 Å². The van der Waals surface area contributed by atoms with Gasteiger partial charge in [0.25, 0.3) is 5.56 Å². The van der Waals surface area contributed by atoms with Crippen LogP contribution in [0.1, 0.15) is 46.2 Å². The van der Waals surface area contributed by atoms with Gasteiger partial charge in [-0.25, -0.2) is 17.2 Å². The van der Waals surface area contributed by atoms with Gasteiger partial charge in [0.05, 0.1) is 11.3 Å². The lowest BCUT2D eigenvalue weighted by Gasteiger charge is -2.18. The van der Waals surface area contributed by atoms with Crippen molar-refractivity contribution in [2.45, 2.75) is 43.2 Å². The maximum absolute atomic E-state index is 16.0. The Morgan fingerprint density at radius 2 is 1.73 bits per heavy atom. The summed E-state index contributed by atoms with van der Waals surface area (Å²) in [5.41, 5.74) is -1.55. The second kappa shape index (κ2) is 10.0. The van der Waals surface area contributed by atoms with E-state index in [4.69, 9.17) is 11.6 Å². The minimum Gasteiger partial charge on any atom is -0.277 e. The molecule has 0 bridgehead atoms. The first-order valence-electron chi connectivity index (χ1n) is 12.2. The first-order valence-corrected chi connectivity index (χ1v) is 14.5. The first-order chi connectivity index (χ1) is 19.1. The number of alkyl halides is 3. The van der Waals surface area contributed by atoms with Gasteiger partial charge in [-0.1, -0.05) is 17.7 Å². The second-order valence-electron chi connectivity index (χ2n) is 9.99. The summed E-state index contributed by atoms with van der Waals surface area (Å²) in [6.45, 7) is 3.03. The number of sulfone groups is 1. The fourth-order valence-corrected chi connectivity index (χ4v) is 6.05. The van der Waals surface area contributed by atoms with Crippen LogP contribution in [0.5, 0.6) is 0 Å². The molecule has 2 atom stereocenters. The molecular formula is C28H21ClF5N3O3S. The molecule has 3 heterocycles. The maximum Gasteiger partial charge on any atom is 0.417 e. The lowest BCUT2D eigenvalue weighted by molar-refractivity contribution is -0.137. The van der Waals surface area contributed by atoms with E-state index in [-0.39, 0.29) is 33.8 Å². The van der Waals surface area contributed by atoms with E-state index in [1.165, 1.54) is 38.4 Å². The predicted octanol–water partition coefficient (Wildman–Crippen LogP) is 6.54. The largest absolute Gasteiger partial charge is 0.417 e. The van der Waals surface area contributed by atoms with Gasteiger partial charge in [-0.2, -0.15) is 13.2 Å². The zero-order valence-corrected chi connectivity index (χ0v) is 23.3. The number of hydrogen-bond donors (Lipinski definition) is 0. The predicted molar refractivity (Wildman–Crippen MR) is 142 cm³/mol. The van der Waals surface area contributed by atoms with Gasteiger partial charge in [0.15, 0.2) is 21.5 Å². The van der Waals surface area contributed by atoms with E-state index >= 15 is 8.78 Å². The molecule has 13 heteroatoms. The summed E-state index contributed by atoms with van der Waals surface area (Å²) in [5, 5.41) is -0.231. The molecule has 1 aliphatic carbocycles. The Bertz CT molecular complexity index is 1890. The number of aromatic nitrogens is 3. The van der Waals surface area contributed by atoms with E-state index in [9.17, 15) is 26.4 Å². The van der Waals surface area contributed by atoms with Crippen molar-refractivity contribution >= 4 is 21.4 Å². The zero-order chi connectivity index (χ0) is 30.0. The number of aryl methyl sites for hydroxylation is 2. The Hall–Kier alpha value is -3.64. The molecule has 0 spiro atoms. The van der Waals surface area contributed by atoms with Crippen molar-refractivity contribution in [3.05, 3.63) is 104 Å². The number of rotatable bonds is 5. The molecule has 41 heavy (non-hydrogen) atoms. The standard InChI is InChI=1S/C28H21ClF5N3O3S/c1-13-10-36-25(17-5-4-6-21(23(17)30)41(3,39)40)24(31)26(13)37-14(2)7-20(22(29)27(37)38)19-9-18(19)15-8-16(12-35-11-15)28(32,33)34/h4-8,10-12,18-19H,9H2,1-3H3/t18-,19+/m1/s1. The summed E-state index contributed by atoms with van der Waals surface area (Å²) in [6.07, 6.45) is 0.0156. The van der Waals surface area contributed by atoms with Crippen LogP contribution in [0.3, 0.4) is 0 Å². The molecule has 1 aliphatic rings. The molecule has 0 amide bonds. The van der Waals surface area contributed by atoms with E-state index in [0.717, 1.165) is 29.2 Å². The molecule has 0 radical (unpaired) electrons. The third-order valence-electron chi connectivity index (χ3n) is 7.08. The lowest BCUT2D eigenvalue weighted by atomic mass is 10.0. The van der Waals surface area contributed by atoms with Crippen molar-refractivity contribution in [2.75, 3.05) is 6.26 Å². The normalized spacial score (nSPS) is 17.1. The molecule has 0 unspecified atom stereocenters. The number of hydrogen-bond acceptors (Lipinski definition) is 5. The number of pyridine rings is 3. The highest BCUT2D eigenvalue weighted by Crippen LogP contribution is 2.56. The van der Waals surface area contributed by atoms with Gasteiger partial charge in [0.1, 0.15) is 15.6 Å². The van der Waals surface area contributed by atoms with Crippen LogP contribution in [0, 0.1) is 25.5 Å². The van der Waals surface area contributed by atoms with Crippen LogP contribution in [0.4, 0.5) is 22.0 Å². The average Bonchev–Trinajstić information content (AvgIpc) is 3.68. The molecule has 3 aromatic heterocycles. The monoisotopic (exact) mass is 609 g/mol. The van der Waals surface area contributed by atoms with Gasteiger partial charge in [-0.15, -0.1) is 0 Å². The minimum atomic E-state index is -4.55. The molecule has 5 rings (SSSR count). The third-order valence-corrected chi connectivity index (χ3v) is 8.58. The highest BCUT2D eigenvalue weighted by Gasteiger charge is 2.43. The Morgan fingerprint density at radius 1 is 1.02 bits per heavy atom. The molecule has 214 valence electrons. The summed E-state index contributed by atoms with van der Waals surface area (Å²) >= 11 is 6.48. The van der Waals surface area contributed by atoms with E-state index in [1.54, 1.807) is 6.07 Å². The highest BCUT2D eigenvalue weighted by molar-refractivity contribution is 7.90. The van der Waals surface area contributed by atoms with Gasteiger partial charge in [-0.05, 0) is 73.1 Å². The smallest absolute Gasteiger partial charge is 0.277 e. The van der Waals surface area contributed by atoms with Gasteiger partial charge >= 0.3 is 6.18 Å². The minimum absolute atomic E-state index is 0.222. The van der Waals surface area contributed by atoms with Crippen LogP contribution in [0.15, 0.2) is 58.6 Å². The summed E-state index contributed by atoms with van der Waals surface area (Å²) < 4.78 is 95.6. The quantitative estimate of drug-likeness (QED) is 0.240. The van der Waals surface area contributed by atoms with Crippen molar-refractivity contribution in [1.82, 2.24) is 14.5 Å². The van der Waals surface area contributed by atoms with Crippen LogP contribution in [-0.4, -0.2) is 29.2 Å². The molecular weight excluding hydrogens is 589 g/mol. The number of halogens is 6. The Balaban J connectivity index is 1.58. The van der Waals surface area contributed by atoms with E-state index in [2.05, 4.69) is 9.97 Å². The van der Waals surface area contributed by atoms with Crippen molar-refractivity contribution in [1.29, 1.82) is 0 Å². The first kappa shape index (κ1) is 28.9. The number of nitrogens with zero attached hydrogens (tertiary/aromatic N) is 3. The van der Waals surface area contributed by atoms with Crippen molar-refractivity contribution in [2.24, 2.45) is 0 Å². The van der Waals surface area contributed by atoms with Gasteiger partial charge < -0.3 is 0 Å². The summed E-state index contributed by atoms with van der Waals surface area (Å²) in [4.78, 5) is 20.6. The van der Waals surface area contributed by atoms with Crippen LogP contribution in [0.2, 0.25) is 5.02 Å². The average molecular weight is 610 g/mol. The topological polar surface area (TPSA) is 81.9 Å². The van der Waals surface area contributed by atoms with E-state index in [0.29, 0.717) is 17.5 Å². The SMILES string of the molecule is Cc1cnc(-c2cccc(S(C)(=O)=O)c2F)c(F)c1-n1c(C)cc([C@H]2C[C@@H]2c2cncc(C(F)(F)F)c2)c(Cl)c1=O. The molecule has 1 fully saturated rings. The van der Waals surface area contributed by atoms with Gasteiger partial charge in [-0.3, -0.25) is 19.3 Å². The van der Waals surface area contributed by atoms with Gasteiger partial charge in [0, 0.05) is 36.1 Å². The van der Waals surface area contributed by atoms with Crippen LogP contribution < -0.4 is 5.56 Å². The van der Waals surface area contributed by atoms with Crippen molar-refractivity contribution < 1.29 is 30.4 Å². The molecule has 1 aromatic carbocycles. The Morgan fingerprint density at radius 3 is 2.39 bits per heavy atom. The second-order valence-corrected chi connectivity index (χ2v) is 12.4. The lowest BCUT2D eigenvalue weighted by Crippen LogP contribution is -2.24. The molecule has 4 aromatic rings. The van der Waals surface area contributed by atoms with Crippen molar-refractivity contribution in [3.8, 4) is 16.9 Å². The Labute approximate surface area is 236 Å². The van der Waals surface area contributed by atoms with Gasteiger partial charge in [0.2, 0.25) is 0 Å². The summed E-state index contributed by atoms with van der Waals surface area (Å²) in [5.74, 6) is -2.94. The Kier molecular flexibility index (Phi) is 7.06. The third kappa shape index (κ3) is 5.14. The van der Waals surface area contributed by atoms with Crippen LogP contribution in [0.25, 0.3) is 16.9 Å². The molecule has 1 saturated carbocycles. The summed E-state index contributed by atoms with van der Waals surface area (Å²) in [6, 6.07) is 6.07. The molecule has 0 saturated heterocycles. The highest BCUT2D eigenvalue weighted by atomic mass is 35.5. The fraction of sp³-hybridized carbons (Fsp3) is 0.250. The molecule has 0 aliphatic heterocycles. The van der Waals surface area contributed by atoms with Crippen LogP contribution in [-0.2, 0) is 16.0 Å². The van der Waals surface area contributed by atoms with E-state index in [1.807, 2.05) is 0 Å². The molecule has 6 nitrogen and oxygen atoms in total. The zero-order valence-electron chi connectivity index (χ0n) is 21.7.